The first-order valence-corrected chi connectivity index (χ1v) is 7.13. The fourth-order valence-corrected chi connectivity index (χ4v) is 3.34. The van der Waals surface area contributed by atoms with E-state index in [2.05, 4.69) is 32.1 Å². The monoisotopic (exact) mass is 259 g/mol. The largest absolute Gasteiger partial charge is 0.349 e. The number of hydrogen-bond donors (Lipinski definition) is 0. The molecule has 3 heteroatoms. The second-order valence-corrected chi connectivity index (χ2v) is 5.65. The summed E-state index contributed by atoms with van der Waals surface area (Å²) in [4.78, 5) is 0. The Hall–Kier alpha value is -0.430. The van der Waals surface area contributed by atoms with E-state index >= 15 is 0 Å². The maximum Gasteiger partial charge on any atom is 0.170 e. The van der Waals surface area contributed by atoms with Gasteiger partial charge in [0, 0.05) is 0 Å². The van der Waals surface area contributed by atoms with Crippen molar-refractivity contribution in [2.75, 3.05) is 6.61 Å². The average Bonchev–Trinajstić information content (AvgIpc) is 3.00. The van der Waals surface area contributed by atoms with Gasteiger partial charge in [0.1, 0.15) is 6.10 Å². The van der Waals surface area contributed by atoms with Crippen LogP contribution in [0.25, 0.3) is 0 Å². The van der Waals surface area contributed by atoms with Crippen LogP contribution in [0.3, 0.4) is 0 Å². The van der Waals surface area contributed by atoms with Crippen molar-refractivity contribution in [2.45, 2.75) is 26.2 Å². The fourth-order valence-electron chi connectivity index (χ4n) is 2.19. The van der Waals surface area contributed by atoms with Crippen molar-refractivity contribution in [3.05, 3.63) is 59.6 Å². The summed E-state index contributed by atoms with van der Waals surface area (Å²) in [6.45, 7) is 4.92. The minimum atomic E-state index is -0.175. The molecule has 18 heavy (non-hydrogen) atoms. The first-order chi connectivity index (χ1) is 8.75. The molecule has 0 N–H and O–H groups in total. The Bertz CT molecular complexity index is 395. The number of benzene rings is 1. The van der Waals surface area contributed by atoms with Gasteiger partial charge in [-0.1, -0.05) is 52.8 Å². The summed E-state index contributed by atoms with van der Waals surface area (Å²) in [5.41, 5.74) is 2.45. The lowest BCUT2D eigenvalue weighted by atomic mass is 9.94. The first-order valence-electron chi connectivity index (χ1n) is 6.16. The molecule has 0 aromatic heterocycles. The third-order valence-corrected chi connectivity index (χ3v) is 4.80. The second-order valence-electron chi connectivity index (χ2n) is 4.65. The molecule has 2 heterocycles. The van der Waals surface area contributed by atoms with E-state index in [1.54, 1.807) is 0 Å². The zero-order valence-electron chi connectivity index (χ0n) is 10.6. The highest BCUT2D eigenvalue weighted by atomic mass is 31.1. The Morgan fingerprint density at radius 2 is 1.94 bits per heavy atom. The van der Waals surface area contributed by atoms with Gasteiger partial charge in [-0.3, -0.25) is 0 Å². The van der Waals surface area contributed by atoms with Crippen LogP contribution in [0, 0.1) is 23.7 Å². The van der Waals surface area contributed by atoms with Crippen LogP contribution in [-0.4, -0.2) is 12.9 Å². The molecule has 2 aliphatic heterocycles. The first kappa shape index (κ1) is 12.6. The van der Waals surface area contributed by atoms with Crippen LogP contribution in [-0.2, 0) is 9.47 Å². The summed E-state index contributed by atoms with van der Waals surface area (Å²) in [6.07, 6.45) is 2.10. The smallest absolute Gasteiger partial charge is 0.170 e. The molecular formula is C15H16O2P. The molecule has 0 saturated carbocycles. The zero-order valence-corrected chi connectivity index (χ0v) is 11.5. The topological polar surface area (TPSA) is 18.5 Å². The van der Waals surface area contributed by atoms with E-state index in [0.29, 0.717) is 6.61 Å². The van der Waals surface area contributed by atoms with Gasteiger partial charge in [0.25, 0.3) is 0 Å². The molecular weight excluding hydrogens is 243 g/mol. The van der Waals surface area contributed by atoms with Crippen molar-refractivity contribution >= 4 is 8.58 Å². The molecule has 1 aromatic carbocycles. The van der Waals surface area contributed by atoms with Gasteiger partial charge in [-0.15, -0.1) is 0 Å². The average molecular weight is 259 g/mol. The van der Waals surface area contributed by atoms with Gasteiger partial charge in [-0.25, -0.2) is 0 Å². The summed E-state index contributed by atoms with van der Waals surface area (Å²) in [5, 5.41) is 0. The summed E-state index contributed by atoms with van der Waals surface area (Å²) in [5.74, 6) is 2.65. The predicted molar refractivity (Wildman–Crippen MR) is 72.3 cm³/mol. The molecule has 0 spiro atoms. The highest BCUT2D eigenvalue weighted by Gasteiger charge is 2.42. The van der Waals surface area contributed by atoms with Gasteiger partial charge in [-0.05, 0) is 23.6 Å². The molecule has 2 aliphatic rings. The van der Waals surface area contributed by atoms with E-state index < -0.39 is 0 Å². The molecule has 1 aromatic rings. The highest BCUT2D eigenvalue weighted by Crippen LogP contribution is 2.56. The van der Waals surface area contributed by atoms with E-state index in [-0.39, 0.29) is 12.4 Å². The van der Waals surface area contributed by atoms with E-state index in [1.165, 1.54) is 31.6 Å². The quantitative estimate of drug-likeness (QED) is 0.749. The van der Waals surface area contributed by atoms with Crippen LogP contribution in [0.4, 0.5) is 0 Å². The SMILES string of the molecule is C[C]1[CH][P][C]([C@@H]2OC[C@H](c3ccccc3)O2)[C]1C. The third kappa shape index (κ3) is 2.34. The summed E-state index contributed by atoms with van der Waals surface area (Å²) >= 11 is 0. The fraction of sp³-hybridized carbons (Fsp3) is 0.333. The maximum atomic E-state index is 6.03. The normalized spacial score (nSPS) is 32.6. The predicted octanol–water partition coefficient (Wildman–Crippen LogP) is 3.94. The zero-order chi connectivity index (χ0) is 12.5. The van der Waals surface area contributed by atoms with Gasteiger partial charge in [0.15, 0.2) is 6.29 Å². The molecule has 0 bridgehead atoms. The highest BCUT2D eigenvalue weighted by molar-refractivity contribution is 7.45. The van der Waals surface area contributed by atoms with Crippen molar-refractivity contribution in [3.8, 4) is 0 Å². The standard InChI is InChI=1S/C15H16O2P/c1-10-9-18-14(11(10)2)15-16-8-13(17-15)12-6-4-3-5-7-12/h3-7,9,13,15H,8H2,1-2H3/t13-,15-/m1/s1. The Morgan fingerprint density at radius 1 is 1.17 bits per heavy atom. The molecule has 2 nitrogen and oxygen atoms in total. The van der Waals surface area contributed by atoms with Crippen LogP contribution in [0.2, 0.25) is 0 Å². The van der Waals surface area contributed by atoms with E-state index in [0.717, 1.165) is 0 Å². The maximum absolute atomic E-state index is 6.03. The van der Waals surface area contributed by atoms with Crippen molar-refractivity contribution in [2.24, 2.45) is 0 Å². The molecule has 5 radical (unpaired) electrons. The lowest BCUT2D eigenvalue weighted by molar-refractivity contribution is -0.0359. The number of ether oxygens (including phenoxy) is 2. The molecule has 0 amide bonds. The lowest BCUT2D eigenvalue weighted by Gasteiger charge is -2.21. The van der Waals surface area contributed by atoms with Gasteiger partial charge in [-0.2, -0.15) is 0 Å². The van der Waals surface area contributed by atoms with Crippen molar-refractivity contribution in [3.63, 3.8) is 0 Å². The number of rotatable bonds is 2. The van der Waals surface area contributed by atoms with Crippen LogP contribution in [0.15, 0.2) is 30.3 Å². The van der Waals surface area contributed by atoms with Gasteiger partial charge in [0.2, 0.25) is 0 Å². The van der Waals surface area contributed by atoms with Crippen LogP contribution in [0.1, 0.15) is 25.5 Å². The molecule has 2 saturated heterocycles. The van der Waals surface area contributed by atoms with Crippen molar-refractivity contribution < 1.29 is 9.47 Å². The molecule has 2 atom stereocenters. The van der Waals surface area contributed by atoms with E-state index in [1.807, 2.05) is 18.2 Å². The van der Waals surface area contributed by atoms with Crippen LogP contribution < -0.4 is 0 Å². The van der Waals surface area contributed by atoms with Gasteiger partial charge >= 0.3 is 0 Å². The lowest BCUT2D eigenvalue weighted by Crippen LogP contribution is -2.19. The summed E-state index contributed by atoms with van der Waals surface area (Å²) in [6, 6.07) is 10.3. The Morgan fingerprint density at radius 3 is 2.61 bits per heavy atom. The van der Waals surface area contributed by atoms with Crippen molar-refractivity contribution in [1.82, 2.24) is 0 Å². The Balaban J connectivity index is 1.65. The minimum absolute atomic E-state index is 0.0626. The molecule has 0 aliphatic carbocycles. The molecule has 2 fully saturated rings. The summed E-state index contributed by atoms with van der Waals surface area (Å²) in [7, 11) is 1.21. The van der Waals surface area contributed by atoms with E-state index in [9.17, 15) is 0 Å². The Kier molecular flexibility index (Phi) is 3.70. The van der Waals surface area contributed by atoms with E-state index in [4.69, 9.17) is 9.47 Å². The van der Waals surface area contributed by atoms with Gasteiger partial charge < -0.3 is 9.47 Å². The van der Waals surface area contributed by atoms with Crippen molar-refractivity contribution in [1.29, 1.82) is 0 Å². The van der Waals surface area contributed by atoms with Crippen LogP contribution >= 0.6 is 8.58 Å². The molecule has 0 unspecified atom stereocenters. The molecule has 3 rings (SSSR count). The number of hydrogen-bond acceptors (Lipinski definition) is 2. The van der Waals surface area contributed by atoms with Gasteiger partial charge in [0.05, 0.1) is 12.3 Å². The minimum Gasteiger partial charge on any atom is -0.349 e. The molecule has 93 valence electrons. The third-order valence-electron chi connectivity index (χ3n) is 3.45. The second kappa shape index (κ2) is 5.28. The van der Waals surface area contributed by atoms with Crippen LogP contribution in [0.5, 0.6) is 0 Å². The Labute approximate surface area is 111 Å². The summed E-state index contributed by atoms with van der Waals surface area (Å²) < 4.78 is 11.8.